The highest BCUT2D eigenvalue weighted by atomic mass is 32.1. The van der Waals surface area contributed by atoms with Gasteiger partial charge in [0.05, 0.1) is 10.5 Å². The Kier molecular flexibility index (Phi) is 3.43. The molecular formula is C11H16O2S. The van der Waals surface area contributed by atoms with Gasteiger partial charge in [-0.2, -0.15) is 0 Å². The Labute approximate surface area is 90.1 Å². The van der Waals surface area contributed by atoms with Gasteiger partial charge in [-0.25, -0.2) is 0 Å². The number of rotatable bonds is 3. The van der Waals surface area contributed by atoms with E-state index in [1.165, 1.54) is 0 Å². The van der Waals surface area contributed by atoms with Gasteiger partial charge in [-0.05, 0) is 20.3 Å². The third kappa shape index (κ3) is 1.87. The van der Waals surface area contributed by atoms with Crippen LogP contribution in [0.15, 0.2) is 9.31 Å². The summed E-state index contributed by atoms with van der Waals surface area (Å²) in [6.45, 7) is 7.56. The lowest BCUT2D eigenvalue weighted by atomic mass is 9.97. The van der Waals surface area contributed by atoms with E-state index in [-0.39, 0.29) is 11.7 Å². The van der Waals surface area contributed by atoms with E-state index >= 15 is 0 Å². The minimum absolute atomic E-state index is 0.0385. The van der Waals surface area contributed by atoms with Gasteiger partial charge in [0.25, 0.3) is 0 Å². The number of aryl methyl sites for hydroxylation is 2. The molecular weight excluding hydrogens is 196 g/mol. The Morgan fingerprint density at radius 1 is 1.43 bits per heavy atom. The number of Topliss-reactive ketones (excluding diaryl/α,β-unsaturated/α-hetero) is 1. The van der Waals surface area contributed by atoms with Crippen molar-refractivity contribution < 1.29 is 9.21 Å². The fourth-order valence-corrected chi connectivity index (χ4v) is 1.71. The van der Waals surface area contributed by atoms with Gasteiger partial charge in [0, 0.05) is 5.92 Å². The molecule has 0 saturated heterocycles. The number of ketones is 1. The van der Waals surface area contributed by atoms with Crippen LogP contribution >= 0.6 is 12.6 Å². The molecule has 0 amide bonds. The van der Waals surface area contributed by atoms with Crippen molar-refractivity contribution in [3.8, 4) is 0 Å². The minimum atomic E-state index is 0.0385. The summed E-state index contributed by atoms with van der Waals surface area (Å²) in [5, 5.41) is 0. The van der Waals surface area contributed by atoms with Crippen molar-refractivity contribution in [3.05, 3.63) is 17.1 Å². The number of thiol groups is 1. The third-order valence-corrected chi connectivity index (χ3v) is 3.07. The second-order valence-corrected chi connectivity index (χ2v) is 4.06. The zero-order valence-corrected chi connectivity index (χ0v) is 9.94. The Bertz CT molecular complexity index is 352. The van der Waals surface area contributed by atoms with E-state index < -0.39 is 0 Å². The lowest BCUT2D eigenvalue weighted by Gasteiger charge is -2.06. The number of carbonyl (C=O) groups is 1. The fraction of sp³-hybridized carbons (Fsp3) is 0.545. The molecule has 0 N–H and O–H groups in total. The first-order chi connectivity index (χ1) is 6.49. The molecule has 1 aromatic heterocycles. The van der Waals surface area contributed by atoms with Gasteiger partial charge in [0.2, 0.25) is 0 Å². The molecule has 1 aromatic rings. The second-order valence-electron chi connectivity index (χ2n) is 3.61. The Balaban J connectivity index is 3.12. The van der Waals surface area contributed by atoms with Gasteiger partial charge in [0.15, 0.2) is 5.78 Å². The topological polar surface area (TPSA) is 30.2 Å². The highest BCUT2D eigenvalue weighted by Gasteiger charge is 2.22. The fourth-order valence-electron chi connectivity index (χ4n) is 1.39. The van der Waals surface area contributed by atoms with Crippen LogP contribution in [0.4, 0.5) is 0 Å². The Morgan fingerprint density at radius 2 is 2.00 bits per heavy atom. The molecule has 14 heavy (non-hydrogen) atoms. The molecule has 78 valence electrons. The van der Waals surface area contributed by atoms with Gasteiger partial charge >= 0.3 is 0 Å². The van der Waals surface area contributed by atoms with Crippen molar-refractivity contribution in [2.45, 2.75) is 39.0 Å². The first-order valence-electron chi connectivity index (χ1n) is 4.82. The van der Waals surface area contributed by atoms with Crippen molar-refractivity contribution in [3.63, 3.8) is 0 Å². The Morgan fingerprint density at radius 3 is 2.36 bits per heavy atom. The summed E-state index contributed by atoms with van der Waals surface area (Å²) >= 11 is 4.29. The van der Waals surface area contributed by atoms with Gasteiger partial charge in [0.1, 0.15) is 11.5 Å². The van der Waals surface area contributed by atoms with E-state index in [0.717, 1.165) is 12.2 Å². The van der Waals surface area contributed by atoms with Crippen molar-refractivity contribution in [1.82, 2.24) is 0 Å². The van der Waals surface area contributed by atoms with Gasteiger partial charge < -0.3 is 4.42 Å². The molecule has 1 rings (SSSR count). The Hall–Kier alpha value is -0.700. The number of hydrogen-bond donors (Lipinski definition) is 1. The highest BCUT2D eigenvalue weighted by molar-refractivity contribution is 7.80. The summed E-state index contributed by atoms with van der Waals surface area (Å²) in [4.78, 5) is 12.6. The molecule has 0 fully saturated rings. The van der Waals surface area contributed by atoms with E-state index in [2.05, 4.69) is 12.6 Å². The van der Waals surface area contributed by atoms with E-state index in [9.17, 15) is 4.79 Å². The molecule has 0 aromatic carbocycles. The molecule has 0 bridgehead atoms. The molecule has 1 unspecified atom stereocenters. The quantitative estimate of drug-likeness (QED) is 0.614. The van der Waals surface area contributed by atoms with Crippen molar-refractivity contribution in [2.75, 3.05) is 0 Å². The summed E-state index contributed by atoms with van der Waals surface area (Å²) in [7, 11) is 0. The number of hydrogen-bond acceptors (Lipinski definition) is 3. The van der Waals surface area contributed by atoms with Crippen molar-refractivity contribution in [2.24, 2.45) is 5.92 Å². The van der Waals surface area contributed by atoms with E-state index in [1.54, 1.807) is 0 Å². The first kappa shape index (κ1) is 11.4. The van der Waals surface area contributed by atoms with Crippen molar-refractivity contribution in [1.29, 1.82) is 0 Å². The molecule has 1 heterocycles. The van der Waals surface area contributed by atoms with Gasteiger partial charge in [-0.3, -0.25) is 4.79 Å². The third-order valence-electron chi connectivity index (χ3n) is 2.53. The molecule has 0 spiro atoms. The summed E-state index contributed by atoms with van der Waals surface area (Å²) in [6.07, 6.45) is 0.843. The molecule has 0 saturated carbocycles. The maximum atomic E-state index is 11.9. The summed E-state index contributed by atoms with van der Waals surface area (Å²) in [5.74, 6) is 1.57. The van der Waals surface area contributed by atoms with Crippen LogP contribution in [-0.2, 0) is 0 Å². The van der Waals surface area contributed by atoms with Crippen molar-refractivity contribution >= 4 is 18.4 Å². The van der Waals surface area contributed by atoms with Crippen LogP contribution in [0.5, 0.6) is 0 Å². The molecule has 0 radical (unpaired) electrons. The largest absolute Gasteiger partial charge is 0.465 e. The minimum Gasteiger partial charge on any atom is -0.465 e. The normalized spacial score (nSPS) is 12.9. The van der Waals surface area contributed by atoms with Crippen LogP contribution in [0, 0.1) is 19.8 Å². The van der Waals surface area contributed by atoms with E-state index in [1.807, 2.05) is 27.7 Å². The molecule has 0 aliphatic heterocycles. The predicted octanol–water partition coefficient (Wildman–Crippen LogP) is 3.41. The smallest absolute Gasteiger partial charge is 0.170 e. The van der Waals surface area contributed by atoms with Gasteiger partial charge in [-0.1, -0.05) is 13.8 Å². The van der Waals surface area contributed by atoms with Crippen LogP contribution in [0.25, 0.3) is 0 Å². The maximum absolute atomic E-state index is 11.9. The van der Waals surface area contributed by atoms with Gasteiger partial charge in [-0.15, -0.1) is 12.6 Å². The average Bonchev–Trinajstić information content (AvgIpc) is 2.39. The lowest BCUT2D eigenvalue weighted by Crippen LogP contribution is -2.11. The molecule has 0 aliphatic carbocycles. The number of carbonyl (C=O) groups excluding carboxylic acids is 1. The predicted molar refractivity (Wildman–Crippen MR) is 59.2 cm³/mol. The average molecular weight is 212 g/mol. The molecule has 3 heteroatoms. The summed E-state index contributed by atoms with van der Waals surface area (Å²) in [5.41, 5.74) is 0.653. The maximum Gasteiger partial charge on any atom is 0.170 e. The molecule has 0 aliphatic rings. The van der Waals surface area contributed by atoms with Crippen LogP contribution < -0.4 is 0 Å². The first-order valence-corrected chi connectivity index (χ1v) is 5.26. The molecule has 2 nitrogen and oxygen atoms in total. The van der Waals surface area contributed by atoms with Crippen LogP contribution in [-0.4, -0.2) is 5.78 Å². The highest BCUT2D eigenvalue weighted by Crippen LogP contribution is 2.28. The monoisotopic (exact) mass is 212 g/mol. The van der Waals surface area contributed by atoms with Crippen LogP contribution in [0.1, 0.15) is 42.1 Å². The van der Waals surface area contributed by atoms with Crippen LogP contribution in [0.2, 0.25) is 0 Å². The lowest BCUT2D eigenvalue weighted by molar-refractivity contribution is 0.0923. The van der Waals surface area contributed by atoms with E-state index in [0.29, 0.717) is 16.2 Å². The van der Waals surface area contributed by atoms with Crippen LogP contribution in [0.3, 0.4) is 0 Å². The van der Waals surface area contributed by atoms with E-state index in [4.69, 9.17) is 4.42 Å². The summed E-state index contributed by atoms with van der Waals surface area (Å²) < 4.78 is 5.36. The second kappa shape index (κ2) is 4.22. The standard InChI is InChI=1S/C11H16O2S/c1-5-6(2)10(12)9-7(3)13-8(4)11(9)14/h6,14H,5H2,1-4H3. The zero-order chi connectivity index (χ0) is 10.9. The molecule has 1 atom stereocenters. The SMILES string of the molecule is CCC(C)C(=O)c1c(C)oc(C)c1S. The summed E-state index contributed by atoms with van der Waals surface area (Å²) in [6, 6.07) is 0. The zero-order valence-electron chi connectivity index (χ0n) is 9.05. The number of furan rings is 1.